The van der Waals surface area contributed by atoms with Crippen LogP contribution in [0.15, 0.2) is 59.9 Å². The van der Waals surface area contributed by atoms with Crippen LogP contribution < -0.4 is 16.2 Å². The number of pyridine rings is 1. The van der Waals surface area contributed by atoms with Crippen LogP contribution in [0.1, 0.15) is 34.8 Å². The fourth-order valence-corrected chi connectivity index (χ4v) is 4.91. The van der Waals surface area contributed by atoms with E-state index in [2.05, 4.69) is 44.4 Å². The number of fused-ring (bicyclic) bond motifs is 3. The Bertz CT molecular complexity index is 1740. The molecule has 0 saturated carbocycles. The van der Waals surface area contributed by atoms with Crippen molar-refractivity contribution in [3.63, 3.8) is 0 Å². The second-order valence-electron chi connectivity index (χ2n) is 8.97. The maximum atomic E-state index is 13.2. The van der Waals surface area contributed by atoms with Crippen molar-refractivity contribution in [3.05, 3.63) is 82.0 Å². The molecule has 10 nitrogen and oxygen atoms in total. The maximum absolute atomic E-state index is 13.2. The average molecular weight is 496 g/mol. The van der Waals surface area contributed by atoms with Gasteiger partial charge in [0, 0.05) is 30.3 Å². The first-order valence-corrected chi connectivity index (χ1v) is 12.2. The van der Waals surface area contributed by atoms with E-state index in [9.17, 15) is 9.59 Å². The van der Waals surface area contributed by atoms with Crippen LogP contribution in [0, 0.1) is 0 Å². The van der Waals surface area contributed by atoms with Crippen molar-refractivity contribution in [2.45, 2.75) is 32.7 Å². The van der Waals surface area contributed by atoms with Crippen molar-refractivity contribution in [1.29, 1.82) is 0 Å². The molecule has 0 spiro atoms. The fourth-order valence-electron chi connectivity index (χ4n) is 4.91. The van der Waals surface area contributed by atoms with Crippen molar-refractivity contribution >= 4 is 39.6 Å². The van der Waals surface area contributed by atoms with Gasteiger partial charge in [-0.05, 0) is 67.6 Å². The van der Waals surface area contributed by atoms with Gasteiger partial charge in [0.2, 0.25) is 11.4 Å². The predicted molar refractivity (Wildman–Crippen MR) is 140 cm³/mol. The lowest BCUT2D eigenvalue weighted by atomic mass is 10.1. The standard InChI is InChI=1S/C27H25N7O3/c1-3-33-15-29-22-12-18(8-10-23(22)33)30-27-28-13-20-24(35)21(26(36)32-37-2)14-34(25(20)31-27)19-9-7-16-5-4-6-17(16)11-19/h7-15H,3-6H2,1-2H3,(H,32,36)(H,28,30,31). The average Bonchev–Trinajstić information content (AvgIpc) is 3.55. The van der Waals surface area contributed by atoms with Crippen LogP contribution in [0.2, 0.25) is 0 Å². The molecule has 0 radical (unpaired) electrons. The Hall–Kier alpha value is -4.57. The molecule has 2 aromatic carbocycles. The second kappa shape index (κ2) is 9.14. The summed E-state index contributed by atoms with van der Waals surface area (Å²) in [7, 11) is 1.32. The van der Waals surface area contributed by atoms with Crippen molar-refractivity contribution in [3.8, 4) is 5.69 Å². The molecule has 0 bridgehead atoms. The number of amides is 1. The molecule has 3 aromatic heterocycles. The number of hydrogen-bond donors (Lipinski definition) is 2. The van der Waals surface area contributed by atoms with Gasteiger partial charge in [0.15, 0.2) is 5.65 Å². The number of hydrogen-bond acceptors (Lipinski definition) is 7. The van der Waals surface area contributed by atoms with E-state index >= 15 is 0 Å². The normalized spacial score (nSPS) is 12.7. The lowest BCUT2D eigenvalue weighted by Gasteiger charge is -2.15. The van der Waals surface area contributed by atoms with Crippen LogP contribution in [-0.4, -0.2) is 37.1 Å². The number of imidazole rings is 1. The van der Waals surface area contributed by atoms with Gasteiger partial charge in [0.1, 0.15) is 5.56 Å². The largest absolute Gasteiger partial charge is 0.331 e. The molecule has 0 aliphatic heterocycles. The third kappa shape index (κ3) is 4.01. The monoisotopic (exact) mass is 495 g/mol. The Morgan fingerprint density at radius 1 is 1.11 bits per heavy atom. The van der Waals surface area contributed by atoms with Gasteiger partial charge in [-0.1, -0.05) is 6.07 Å². The highest BCUT2D eigenvalue weighted by Gasteiger charge is 2.19. The molecule has 37 heavy (non-hydrogen) atoms. The fraction of sp³-hybridized carbons (Fsp3) is 0.222. The topological polar surface area (TPSA) is 116 Å². The van der Waals surface area contributed by atoms with Gasteiger partial charge in [0.05, 0.1) is 29.9 Å². The minimum Gasteiger partial charge on any atom is -0.331 e. The number of hydroxylamine groups is 1. The molecule has 5 aromatic rings. The summed E-state index contributed by atoms with van der Waals surface area (Å²) >= 11 is 0. The molecule has 1 amide bonds. The van der Waals surface area contributed by atoms with Crippen LogP contribution in [0.3, 0.4) is 0 Å². The third-order valence-corrected chi connectivity index (χ3v) is 6.76. The number of carbonyl (C=O) groups is 1. The molecule has 1 aliphatic rings. The zero-order valence-corrected chi connectivity index (χ0v) is 20.5. The third-order valence-electron chi connectivity index (χ3n) is 6.76. The number of nitrogens with zero attached hydrogens (tertiary/aromatic N) is 5. The molecular formula is C27H25N7O3. The predicted octanol–water partition coefficient (Wildman–Crippen LogP) is 3.67. The number of carbonyl (C=O) groups excluding carboxylic acids is 1. The molecule has 186 valence electrons. The summed E-state index contributed by atoms with van der Waals surface area (Å²) in [5, 5.41) is 3.46. The molecule has 0 fully saturated rings. The van der Waals surface area contributed by atoms with Crippen LogP contribution >= 0.6 is 0 Å². The Morgan fingerprint density at radius 2 is 1.97 bits per heavy atom. The van der Waals surface area contributed by atoms with Gasteiger partial charge in [-0.15, -0.1) is 0 Å². The van der Waals surface area contributed by atoms with Crippen molar-refractivity contribution < 1.29 is 9.63 Å². The Labute approximate surface area is 211 Å². The van der Waals surface area contributed by atoms with Gasteiger partial charge in [-0.25, -0.2) is 15.4 Å². The number of anilines is 2. The first-order valence-electron chi connectivity index (χ1n) is 12.2. The number of benzene rings is 2. The summed E-state index contributed by atoms with van der Waals surface area (Å²) in [6.45, 7) is 2.91. The lowest BCUT2D eigenvalue weighted by Crippen LogP contribution is -2.29. The number of aromatic nitrogens is 5. The highest BCUT2D eigenvalue weighted by atomic mass is 16.6. The molecule has 0 atom stereocenters. The summed E-state index contributed by atoms with van der Waals surface area (Å²) in [6.07, 6.45) is 7.94. The molecule has 0 unspecified atom stereocenters. The van der Waals surface area contributed by atoms with Crippen molar-refractivity contribution in [2.24, 2.45) is 0 Å². The van der Waals surface area contributed by atoms with E-state index in [1.54, 1.807) is 4.57 Å². The zero-order chi connectivity index (χ0) is 25.5. The lowest BCUT2D eigenvalue weighted by molar-refractivity contribution is 0.0536. The molecule has 3 heterocycles. The van der Waals surface area contributed by atoms with E-state index < -0.39 is 11.3 Å². The Morgan fingerprint density at radius 3 is 2.81 bits per heavy atom. The van der Waals surface area contributed by atoms with E-state index in [-0.39, 0.29) is 10.9 Å². The molecule has 2 N–H and O–H groups in total. The second-order valence-corrected chi connectivity index (χ2v) is 8.97. The van der Waals surface area contributed by atoms with Gasteiger partial charge in [-0.3, -0.25) is 14.4 Å². The quantitative estimate of drug-likeness (QED) is 0.345. The number of nitrogens with one attached hydrogen (secondary N) is 2. The van der Waals surface area contributed by atoms with E-state index in [1.165, 1.54) is 30.6 Å². The van der Waals surface area contributed by atoms with E-state index in [0.717, 1.165) is 48.2 Å². The van der Waals surface area contributed by atoms with Gasteiger partial charge in [-0.2, -0.15) is 4.98 Å². The molecule has 1 aliphatic carbocycles. The van der Waals surface area contributed by atoms with Crippen molar-refractivity contribution in [2.75, 3.05) is 12.4 Å². The van der Waals surface area contributed by atoms with E-state index in [1.807, 2.05) is 30.6 Å². The van der Waals surface area contributed by atoms with Gasteiger partial charge >= 0.3 is 0 Å². The minimum absolute atomic E-state index is 0.0591. The maximum Gasteiger partial charge on any atom is 0.280 e. The smallest absolute Gasteiger partial charge is 0.280 e. The van der Waals surface area contributed by atoms with Crippen LogP contribution in [0.5, 0.6) is 0 Å². The zero-order valence-electron chi connectivity index (χ0n) is 20.5. The Balaban J connectivity index is 1.48. The summed E-state index contributed by atoms with van der Waals surface area (Å²) in [5.74, 6) is -0.309. The molecule has 0 saturated heterocycles. The number of rotatable bonds is 6. The SMILES string of the molecule is CCn1cnc2cc(Nc3ncc4c(=O)c(C(=O)NOC)cn(-c5ccc6c(c5)CCC6)c4n3)ccc21. The Kier molecular flexibility index (Phi) is 5.65. The first kappa shape index (κ1) is 22.9. The van der Waals surface area contributed by atoms with Crippen LogP contribution in [0.4, 0.5) is 11.6 Å². The molecular weight excluding hydrogens is 470 g/mol. The minimum atomic E-state index is -0.633. The summed E-state index contributed by atoms with van der Waals surface area (Å²) < 4.78 is 3.83. The van der Waals surface area contributed by atoms with Crippen LogP contribution in [0.25, 0.3) is 27.8 Å². The van der Waals surface area contributed by atoms with Crippen LogP contribution in [-0.2, 0) is 24.2 Å². The molecule has 10 heteroatoms. The summed E-state index contributed by atoms with van der Waals surface area (Å²) in [5.41, 5.74) is 8.18. The van der Waals surface area contributed by atoms with Gasteiger partial charge < -0.3 is 14.5 Å². The molecule has 6 rings (SSSR count). The van der Waals surface area contributed by atoms with E-state index in [4.69, 9.17) is 9.82 Å². The highest BCUT2D eigenvalue weighted by Crippen LogP contribution is 2.27. The first-order chi connectivity index (χ1) is 18.1. The van der Waals surface area contributed by atoms with Gasteiger partial charge in [0.25, 0.3) is 5.91 Å². The summed E-state index contributed by atoms with van der Waals surface area (Å²) in [6, 6.07) is 12.0. The number of aryl methyl sites for hydroxylation is 3. The summed E-state index contributed by atoms with van der Waals surface area (Å²) in [4.78, 5) is 44.1. The van der Waals surface area contributed by atoms with E-state index in [0.29, 0.717) is 11.6 Å². The van der Waals surface area contributed by atoms with Crippen molar-refractivity contribution in [1.82, 2.24) is 29.6 Å². The highest BCUT2D eigenvalue weighted by molar-refractivity contribution is 5.96.